The van der Waals surface area contributed by atoms with Crippen LogP contribution in [0.1, 0.15) is 0 Å². The topological polar surface area (TPSA) is 67.2 Å². The normalized spacial score (nSPS) is 14.9. The molecule has 6 nitrogen and oxygen atoms in total. The summed E-state index contributed by atoms with van der Waals surface area (Å²) < 4.78 is 28.9. The standard InChI is InChI=1S/C23H22N4O2S/c28-30(29,19-9-5-2-6-10-19)22-17-27(18-7-3-1-4-8-18)21-16-25-23(15-20(21)22)26-13-11-24-12-14-26/h1-10,15-17,24H,11-14H2. The van der Waals surface area contributed by atoms with Gasteiger partial charge in [0.05, 0.1) is 21.5 Å². The number of fused-ring (bicyclic) bond motifs is 1. The zero-order valence-electron chi connectivity index (χ0n) is 16.4. The van der Waals surface area contributed by atoms with Gasteiger partial charge in [0.25, 0.3) is 0 Å². The van der Waals surface area contributed by atoms with Crippen LogP contribution in [0.2, 0.25) is 0 Å². The van der Waals surface area contributed by atoms with E-state index in [1.807, 2.05) is 47.0 Å². The lowest BCUT2D eigenvalue weighted by Gasteiger charge is -2.28. The summed E-state index contributed by atoms with van der Waals surface area (Å²) in [5, 5.41) is 4.02. The lowest BCUT2D eigenvalue weighted by Crippen LogP contribution is -2.43. The fourth-order valence-corrected chi connectivity index (χ4v) is 5.36. The Morgan fingerprint density at radius 2 is 1.57 bits per heavy atom. The molecule has 0 aliphatic carbocycles. The number of nitrogens with zero attached hydrogens (tertiary/aromatic N) is 3. The molecule has 0 spiro atoms. The second kappa shape index (κ2) is 7.59. The summed E-state index contributed by atoms with van der Waals surface area (Å²) in [5.74, 6) is 0.805. The number of benzene rings is 2. The molecule has 0 radical (unpaired) electrons. The van der Waals surface area contributed by atoms with Crippen LogP contribution in [0, 0.1) is 0 Å². The smallest absolute Gasteiger partial charge is 0.208 e. The summed E-state index contributed by atoms with van der Waals surface area (Å²) in [6.45, 7) is 3.47. The SMILES string of the molecule is O=S(=O)(c1ccccc1)c1cn(-c2ccccc2)c2cnc(N3CCNCC3)cc12. The zero-order chi connectivity index (χ0) is 20.6. The number of piperazine rings is 1. The Balaban J connectivity index is 1.74. The third kappa shape index (κ3) is 3.26. The van der Waals surface area contributed by atoms with Gasteiger partial charge >= 0.3 is 0 Å². The molecule has 152 valence electrons. The van der Waals surface area contributed by atoms with Crippen LogP contribution in [0.3, 0.4) is 0 Å². The highest BCUT2D eigenvalue weighted by Crippen LogP contribution is 2.33. The van der Waals surface area contributed by atoms with Gasteiger partial charge in [-0.3, -0.25) is 0 Å². The molecule has 7 heteroatoms. The van der Waals surface area contributed by atoms with Gasteiger partial charge in [-0.1, -0.05) is 36.4 Å². The minimum atomic E-state index is -3.68. The Bertz CT molecular complexity index is 1280. The molecule has 0 saturated carbocycles. The molecule has 2 aromatic heterocycles. The van der Waals surface area contributed by atoms with Crippen molar-refractivity contribution in [3.63, 3.8) is 0 Å². The van der Waals surface area contributed by atoms with Gasteiger partial charge in [0, 0.05) is 43.4 Å². The van der Waals surface area contributed by atoms with Gasteiger partial charge in [0.2, 0.25) is 9.84 Å². The summed E-state index contributed by atoms with van der Waals surface area (Å²) in [4.78, 5) is 7.44. The van der Waals surface area contributed by atoms with E-state index in [0.29, 0.717) is 10.3 Å². The second-order valence-corrected chi connectivity index (χ2v) is 9.23. The highest BCUT2D eigenvalue weighted by atomic mass is 32.2. The van der Waals surface area contributed by atoms with E-state index in [0.717, 1.165) is 43.2 Å². The molecule has 4 aromatic rings. The largest absolute Gasteiger partial charge is 0.354 e. The fourth-order valence-electron chi connectivity index (χ4n) is 3.89. The number of hydrogen-bond acceptors (Lipinski definition) is 5. The first-order valence-electron chi connectivity index (χ1n) is 9.97. The highest BCUT2D eigenvalue weighted by molar-refractivity contribution is 7.91. The van der Waals surface area contributed by atoms with Crippen molar-refractivity contribution >= 4 is 26.6 Å². The van der Waals surface area contributed by atoms with Crippen LogP contribution in [0.15, 0.2) is 88.9 Å². The predicted molar refractivity (Wildman–Crippen MR) is 118 cm³/mol. The van der Waals surface area contributed by atoms with E-state index in [2.05, 4.69) is 15.2 Å². The van der Waals surface area contributed by atoms with E-state index in [1.165, 1.54) is 0 Å². The molecule has 5 rings (SSSR count). The Kier molecular flexibility index (Phi) is 4.77. The van der Waals surface area contributed by atoms with Crippen molar-refractivity contribution in [2.75, 3.05) is 31.1 Å². The van der Waals surface area contributed by atoms with Crippen LogP contribution < -0.4 is 10.2 Å². The molecule has 30 heavy (non-hydrogen) atoms. The molecule has 1 saturated heterocycles. The summed E-state index contributed by atoms with van der Waals surface area (Å²) >= 11 is 0. The van der Waals surface area contributed by atoms with Gasteiger partial charge in [0.15, 0.2) is 0 Å². The second-order valence-electron chi connectivity index (χ2n) is 7.31. The van der Waals surface area contributed by atoms with Crippen molar-refractivity contribution in [2.45, 2.75) is 9.79 Å². The van der Waals surface area contributed by atoms with Gasteiger partial charge in [-0.2, -0.15) is 0 Å². The van der Waals surface area contributed by atoms with Crippen LogP contribution in [-0.4, -0.2) is 44.1 Å². The van der Waals surface area contributed by atoms with Gasteiger partial charge in [-0.05, 0) is 30.3 Å². The van der Waals surface area contributed by atoms with Gasteiger partial charge in [-0.15, -0.1) is 0 Å². The highest BCUT2D eigenvalue weighted by Gasteiger charge is 2.25. The lowest BCUT2D eigenvalue weighted by molar-refractivity contribution is 0.585. The molecule has 1 fully saturated rings. The molecule has 2 aromatic carbocycles. The number of rotatable bonds is 4. The van der Waals surface area contributed by atoms with Crippen molar-refractivity contribution < 1.29 is 8.42 Å². The van der Waals surface area contributed by atoms with Gasteiger partial charge < -0.3 is 14.8 Å². The molecular weight excluding hydrogens is 396 g/mol. The Morgan fingerprint density at radius 1 is 0.900 bits per heavy atom. The first-order valence-corrected chi connectivity index (χ1v) is 11.5. The van der Waals surface area contributed by atoms with E-state index in [4.69, 9.17) is 0 Å². The number of hydrogen-bond donors (Lipinski definition) is 1. The molecule has 0 amide bonds. The molecule has 0 atom stereocenters. The molecular formula is C23H22N4O2S. The van der Waals surface area contributed by atoms with E-state index in [1.54, 1.807) is 36.7 Å². The summed E-state index contributed by atoms with van der Waals surface area (Å²) in [6.07, 6.45) is 3.50. The number of nitrogens with one attached hydrogen (secondary N) is 1. The number of anilines is 1. The zero-order valence-corrected chi connectivity index (χ0v) is 17.2. The quantitative estimate of drug-likeness (QED) is 0.551. The van der Waals surface area contributed by atoms with Crippen LogP contribution in [0.5, 0.6) is 0 Å². The van der Waals surface area contributed by atoms with Crippen molar-refractivity contribution in [3.05, 3.63) is 79.1 Å². The summed E-state index contributed by atoms with van der Waals surface area (Å²) in [7, 11) is -3.68. The Morgan fingerprint density at radius 3 is 2.27 bits per heavy atom. The van der Waals surface area contributed by atoms with Crippen LogP contribution in [0.25, 0.3) is 16.6 Å². The molecule has 1 aliphatic heterocycles. The minimum absolute atomic E-state index is 0.289. The first-order chi connectivity index (χ1) is 14.6. The summed E-state index contributed by atoms with van der Waals surface area (Å²) in [6, 6.07) is 20.2. The van der Waals surface area contributed by atoms with E-state index < -0.39 is 9.84 Å². The number of aromatic nitrogens is 2. The fraction of sp³-hybridized carbons (Fsp3) is 0.174. The van der Waals surface area contributed by atoms with E-state index in [-0.39, 0.29) is 4.90 Å². The molecule has 1 N–H and O–H groups in total. The number of pyridine rings is 1. The molecule has 1 aliphatic rings. The molecule has 0 unspecified atom stereocenters. The van der Waals surface area contributed by atoms with Crippen molar-refractivity contribution in [1.82, 2.24) is 14.9 Å². The minimum Gasteiger partial charge on any atom is -0.354 e. The maximum atomic E-state index is 13.5. The third-order valence-electron chi connectivity index (χ3n) is 5.46. The van der Waals surface area contributed by atoms with E-state index in [9.17, 15) is 8.42 Å². The lowest BCUT2D eigenvalue weighted by atomic mass is 10.2. The monoisotopic (exact) mass is 418 g/mol. The van der Waals surface area contributed by atoms with Crippen LogP contribution >= 0.6 is 0 Å². The van der Waals surface area contributed by atoms with Crippen molar-refractivity contribution in [1.29, 1.82) is 0 Å². The van der Waals surface area contributed by atoms with E-state index >= 15 is 0 Å². The molecule has 3 heterocycles. The van der Waals surface area contributed by atoms with Crippen molar-refractivity contribution in [3.8, 4) is 5.69 Å². The summed E-state index contributed by atoms with van der Waals surface area (Å²) in [5.41, 5.74) is 1.67. The maximum Gasteiger partial charge on any atom is 0.208 e. The number of para-hydroxylation sites is 1. The first kappa shape index (κ1) is 18.8. The predicted octanol–water partition coefficient (Wildman–Crippen LogP) is 3.27. The van der Waals surface area contributed by atoms with Gasteiger partial charge in [-0.25, -0.2) is 13.4 Å². The Hall–Kier alpha value is -3.16. The van der Waals surface area contributed by atoms with Gasteiger partial charge in [0.1, 0.15) is 5.82 Å². The average molecular weight is 419 g/mol. The maximum absolute atomic E-state index is 13.5. The van der Waals surface area contributed by atoms with Crippen molar-refractivity contribution in [2.24, 2.45) is 0 Å². The molecule has 0 bridgehead atoms. The number of sulfone groups is 1. The van der Waals surface area contributed by atoms with Crippen LogP contribution in [-0.2, 0) is 9.84 Å². The Labute approximate surface area is 175 Å². The average Bonchev–Trinajstić information content (AvgIpc) is 3.20. The van der Waals surface area contributed by atoms with Crippen LogP contribution in [0.4, 0.5) is 5.82 Å². The third-order valence-corrected chi connectivity index (χ3v) is 7.26.